The van der Waals surface area contributed by atoms with Gasteiger partial charge in [0.15, 0.2) is 11.0 Å². The van der Waals surface area contributed by atoms with Crippen molar-refractivity contribution in [3.05, 3.63) is 111 Å². The van der Waals surface area contributed by atoms with Crippen LogP contribution < -0.4 is 19.7 Å². The van der Waals surface area contributed by atoms with Gasteiger partial charge in [0.25, 0.3) is 11.6 Å². The van der Waals surface area contributed by atoms with Crippen molar-refractivity contribution >= 4 is 56.6 Å². The number of piperazine rings is 1. The van der Waals surface area contributed by atoms with E-state index in [-0.39, 0.29) is 21.9 Å². The summed E-state index contributed by atoms with van der Waals surface area (Å²) in [5.41, 5.74) is 2.35. The van der Waals surface area contributed by atoms with Gasteiger partial charge >= 0.3 is 0 Å². The third-order valence-electron chi connectivity index (χ3n) is 12.1. The summed E-state index contributed by atoms with van der Waals surface area (Å²) < 4.78 is 27.9. The number of hydrogen-bond donors (Lipinski definition) is 4. The highest BCUT2D eigenvalue weighted by molar-refractivity contribution is 7.83. The van der Waals surface area contributed by atoms with Gasteiger partial charge in [0, 0.05) is 86.9 Å². The number of hydrogen-bond acceptors (Lipinski definition) is 11. The summed E-state index contributed by atoms with van der Waals surface area (Å²) in [7, 11) is -2.12. The Bertz CT molecular complexity index is 2350. The number of nitrogens with zero attached hydrogens (tertiary/aromatic N) is 4. The number of nitro benzene ring substituents is 1. The first-order chi connectivity index (χ1) is 29.0. The van der Waals surface area contributed by atoms with E-state index in [0.29, 0.717) is 59.6 Å². The Hall–Kier alpha value is -5.06. The molecule has 0 radical (unpaired) electrons. The van der Waals surface area contributed by atoms with Gasteiger partial charge in [0.1, 0.15) is 22.8 Å². The number of benzene rings is 3. The van der Waals surface area contributed by atoms with Gasteiger partial charge in [-0.2, -0.15) is 0 Å². The lowest BCUT2D eigenvalue weighted by molar-refractivity contribution is -0.384. The van der Waals surface area contributed by atoms with Crippen molar-refractivity contribution in [2.75, 3.05) is 62.7 Å². The maximum Gasteiger partial charge on any atom is 0.293 e. The van der Waals surface area contributed by atoms with Crippen LogP contribution in [0.2, 0.25) is 5.02 Å². The molecule has 16 heteroatoms. The van der Waals surface area contributed by atoms with Gasteiger partial charge in [-0.15, -0.1) is 0 Å². The maximum atomic E-state index is 13.9. The first-order valence-electron chi connectivity index (χ1n) is 20.5. The summed E-state index contributed by atoms with van der Waals surface area (Å²) in [5.74, 6) is 0.955. The second kappa shape index (κ2) is 18.3. The molecule has 5 aromatic rings. The molecule has 1 aliphatic carbocycles. The first kappa shape index (κ1) is 41.7. The summed E-state index contributed by atoms with van der Waals surface area (Å²) in [5, 5.41) is 27.9. The number of aliphatic hydroxyl groups is 1. The number of amides is 1. The van der Waals surface area contributed by atoms with E-state index < -0.39 is 27.4 Å². The molecule has 0 spiro atoms. The number of aromatic amines is 1. The number of nitrogens with one attached hydrogen (secondary N) is 3. The average molecular weight is 856 g/mol. The zero-order chi connectivity index (χ0) is 41.8. The van der Waals surface area contributed by atoms with Crippen LogP contribution in [0, 0.1) is 22.0 Å². The van der Waals surface area contributed by atoms with Crippen LogP contribution in [0.4, 0.5) is 17.1 Å². The number of fused-ring (bicyclic) bond motifs is 1. The Morgan fingerprint density at radius 2 is 1.85 bits per heavy atom. The molecule has 4 heterocycles. The van der Waals surface area contributed by atoms with Crippen LogP contribution in [-0.2, 0) is 15.7 Å². The Morgan fingerprint density at radius 1 is 1.07 bits per heavy atom. The summed E-state index contributed by atoms with van der Waals surface area (Å²) >= 11 is 6.21. The van der Waals surface area contributed by atoms with Gasteiger partial charge in [0.2, 0.25) is 0 Å². The second-order valence-corrected chi connectivity index (χ2v) is 18.0. The Kier molecular flexibility index (Phi) is 12.7. The third kappa shape index (κ3) is 9.93. The minimum atomic E-state index is -2.12. The topological polar surface area (TPSA) is 175 Å². The average Bonchev–Trinajstić information content (AvgIpc) is 3.72. The van der Waals surface area contributed by atoms with E-state index in [0.717, 1.165) is 75.9 Å². The smallest absolute Gasteiger partial charge is 0.293 e. The molecule has 2 saturated heterocycles. The van der Waals surface area contributed by atoms with Crippen molar-refractivity contribution < 1.29 is 28.5 Å². The van der Waals surface area contributed by atoms with E-state index >= 15 is 0 Å². The van der Waals surface area contributed by atoms with Crippen LogP contribution >= 0.6 is 11.6 Å². The van der Waals surface area contributed by atoms with Gasteiger partial charge in [0.05, 0.1) is 27.2 Å². The molecule has 3 aromatic carbocycles. The van der Waals surface area contributed by atoms with Crippen molar-refractivity contribution in [1.82, 2.24) is 19.6 Å². The maximum absolute atomic E-state index is 13.9. The highest BCUT2D eigenvalue weighted by atomic mass is 35.5. The molecule has 3 fully saturated rings. The number of H-pyrrole nitrogens is 1. The molecular weight excluding hydrogens is 806 g/mol. The molecule has 60 heavy (non-hydrogen) atoms. The number of nitro groups is 1. The number of aromatic nitrogens is 2. The molecule has 2 aromatic heterocycles. The number of rotatable bonds is 13. The monoisotopic (exact) mass is 855 g/mol. The number of carbonyl (C=O) groups excluding carboxylic acids is 1. The van der Waals surface area contributed by atoms with Crippen LogP contribution in [0.25, 0.3) is 11.0 Å². The Morgan fingerprint density at radius 3 is 2.62 bits per heavy atom. The van der Waals surface area contributed by atoms with E-state index in [2.05, 4.69) is 41.9 Å². The number of anilines is 2. The second-order valence-electron chi connectivity index (χ2n) is 16.4. The zero-order valence-electron chi connectivity index (χ0n) is 33.5. The summed E-state index contributed by atoms with van der Waals surface area (Å²) in [6, 6.07) is 21.4. The fourth-order valence-electron chi connectivity index (χ4n) is 8.78. The number of ether oxygens (including phenoxy) is 2. The standard InChI is InChI=1S/C44H50ClN7O7S/c1-44(54)14-10-37(30-2-4-33(45)5-3-30)32(25-44)28-50-16-18-51(19-17-50)34-6-8-38(41(23-34)59-35-22-31-11-15-46-42(31)48-27-35)43(53)49-60(57)36-7-9-39(40(24-36)52(55)56)47-26-29-12-20-58-21-13-29/h2-9,11,15,22-24,27,29,32,37,47,54H,10,12-14,16-21,25-26,28H2,1H3,(H,46,48)(H,49,53)/t32-,37-,44?,60?/m0/s1. The van der Waals surface area contributed by atoms with Crippen LogP contribution in [0.3, 0.4) is 0 Å². The lowest BCUT2D eigenvalue weighted by Gasteiger charge is -2.44. The Balaban J connectivity index is 0.973. The van der Waals surface area contributed by atoms with Crippen LogP contribution in [0.15, 0.2) is 90.1 Å². The van der Waals surface area contributed by atoms with Crippen molar-refractivity contribution in [3.8, 4) is 11.5 Å². The van der Waals surface area contributed by atoms with Crippen molar-refractivity contribution in [3.63, 3.8) is 0 Å². The highest BCUT2D eigenvalue weighted by Gasteiger charge is 2.38. The van der Waals surface area contributed by atoms with Gasteiger partial charge in [-0.25, -0.2) is 9.19 Å². The minimum absolute atomic E-state index is 0.0852. The lowest BCUT2D eigenvalue weighted by Crippen LogP contribution is -2.49. The molecule has 2 aliphatic heterocycles. The SMILES string of the molecule is CC1(O)CC[C@@H](c2ccc(Cl)cc2)[C@H](CN2CCN(c3ccc(C(=O)NS(=O)c4ccc(NCC5CCOCC5)c([N+](=O)[O-])c4)c(Oc4cnc5[nH]ccc5c4)c3)CC2)C1. The van der Waals surface area contributed by atoms with Crippen molar-refractivity contribution in [1.29, 1.82) is 0 Å². The molecule has 2 unspecified atom stereocenters. The molecule has 3 aliphatic rings. The summed E-state index contributed by atoms with van der Waals surface area (Å²) in [4.78, 5) is 37.7. The molecule has 0 bridgehead atoms. The van der Waals surface area contributed by atoms with Crippen molar-refractivity contribution in [2.24, 2.45) is 11.8 Å². The zero-order valence-corrected chi connectivity index (χ0v) is 35.1. The third-order valence-corrected chi connectivity index (χ3v) is 13.4. The number of carbonyl (C=O) groups is 1. The van der Waals surface area contributed by atoms with Crippen molar-refractivity contribution in [2.45, 2.75) is 55.4 Å². The normalized spacial score (nSPS) is 22.0. The molecular formula is C44H50ClN7O7S. The van der Waals surface area contributed by atoms with E-state index in [4.69, 9.17) is 21.1 Å². The Labute approximate surface area is 356 Å². The molecule has 1 amide bonds. The van der Waals surface area contributed by atoms with Crippen LogP contribution in [0.1, 0.15) is 60.9 Å². The molecule has 1 saturated carbocycles. The number of pyridine rings is 1. The van der Waals surface area contributed by atoms with Gasteiger partial charge < -0.3 is 29.8 Å². The molecule has 8 rings (SSSR count). The first-order valence-corrected chi connectivity index (χ1v) is 22.0. The fraction of sp³-hybridized carbons (Fsp3) is 0.409. The molecule has 14 nitrogen and oxygen atoms in total. The molecule has 4 N–H and O–H groups in total. The predicted octanol–water partition coefficient (Wildman–Crippen LogP) is 7.66. The summed E-state index contributed by atoms with van der Waals surface area (Å²) in [6.07, 6.45) is 7.50. The molecule has 4 atom stereocenters. The van der Waals surface area contributed by atoms with E-state index in [1.165, 1.54) is 23.8 Å². The van der Waals surface area contributed by atoms with Gasteiger partial charge in [-0.1, -0.05) is 23.7 Å². The van der Waals surface area contributed by atoms with Gasteiger partial charge in [-0.05, 0) is 111 Å². The summed E-state index contributed by atoms with van der Waals surface area (Å²) in [6.45, 7) is 7.80. The quantitative estimate of drug-likeness (QED) is 0.0676. The van der Waals surface area contributed by atoms with E-state index in [1.807, 2.05) is 43.3 Å². The predicted molar refractivity (Wildman–Crippen MR) is 232 cm³/mol. The lowest BCUT2D eigenvalue weighted by atomic mass is 9.69. The minimum Gasteiger partial charge on any atom is -0.455 e. The number of halogens is 1. The largest absolute Gasteiger partial charge is 0.455 e. The van der Waals surface area contributed by atoms with Crippen LogP contribution in [-0.4, -0.2) is 93.1 Å². The van der Waals surface area contributed by atoms with E-state index in [9.17, 15) is 24.2 Å². The van der Waals surface area contributed by atoms with Gasteiger partial charge in [-0.3, -0.25) is 24.5 Å². The highest BCUT2D eigenvalue weighted by Crippen LogP contribution is 2.43. The molecule has 316 valence electrons. The van der Waals surface area contributed by atoms with Crippen LogP contribution in [0.5, 0.6) is 11.5 Å². The fourth-order valence-corrected chi connectivity index (χ4v) is 9.72. The van der Waals surface area contributed by atoms with E-state index in [1.54, 1.807) is 18.5 Å².